The number of anilines is 1. The van der Waals surface area contributed by atoms with E-state index in [1.54, 1.807) is 4.90 Å². The van der Waals surface area contributed by atoms with Crippen LogP contribution in [0.5, 0.6) is 0 Å². The fourth-order valence-electron chi connectivity index (χ4n) is 4.80. The van der Waals surface area contributed by atoms with Crippen LogP contribution in [0.25, 0.3) is 0 Å². The summed E-state index contributed by atoms with van der Waals surface area (Å²) in [5, 5.41) is 5.12. The molecule has 2 heterocycles. The number of hydrogen-bond donors (Lipinski definition) is 1. The Bertz CT molecular complexity index is 1160. The number of nitrogens with two attached hydrogens (primary N) is 1. The molecule has 182 valence electrons. The number of primary sulfonamides is 1. The highest BCUT2D eigenvalue weighted by Gasteiger charge is 2.32. The van der Waals surface area contributed by atoms with Crippen LogP contribution in [-0.4, -0.2) is 69.3 Å². The van der Waals surface area contributed by atoms with Crippen LogP contribution in [0.2, 0.25) is 0 Å². The van der Waals surface area contributed by atoms with Gasteiger partial charge in [0.1, 0.15) is 0 Å². The van der Waals surface area contributed by atoms with Crippen LogP contribution in [0.3, 0.4) is 0 Å². The van der Waals surface area contributed by atoms with Gasteiger partial charge in [-0.05, 0) is 68.1 Å². The molecule has 0 bridgehead atoms. The molecule has 2 amide bonds. The third-order valence-electron chi connectivity index (χ3n) is 7.07. The normalized spacial score (nSPS) is 17.7. The first-order valence-corrected chi connectivity index (χ1v) is 13.2. The highest BCUT2D eigenvalue weighted by Crippen LogP contribution is 2.26. The maximum atomic E-state index is 13.1. The molecule has 2 saturated heterocycles. The van der Waals surface area contributed by atoms with E-state index in [0.29, 0.717) is 44.6 Å². The van der Waals surface area contributed by atoms with Crippen LogP contribution >= 0.6 is 0 Å². The highest BCUT2D eigenvalue weighted by atomic mass is 32.2. The van der Waals surface area contributed by atoms with Gasteiger partial charge in [0, 0.05) is 56.4 Å². The molecule has 2 aliphatic rings. The van der Waals surface area contributed by atoms with E-state index in [1.165, 1.54) is 41.1 Å². The van der Waals surface area contributed by atoms with Crippen molar-refractivity contribution in [2.45, 2.75) is 31.6 Å². The maximum absolute atomic E-state index is 13.1. The van der Waals surface area contributed by atoms with Crippen LogP contribution in [0.15, 0.2) is 47.4 Å². The zero-order chi connectivity index (χ0) is 24.5. The van der Waals surface area contributed by atoms with Crippen molar-refractivity contribution in [3.63, 3.8) is 0 Å². The third-order valence-corrected chi connectivity index (χ3v) is 8.00. The number of rotatable bonds is 4. The van der Waals surface area contributed by atoms with E-state index >= 15 is 0 Å². The standard InChI is InChI=1S/C25H32N4O4S/c1-18-4-3-5-23(19(18)2)27-14-16-29(17-15-27)25(31)21-10-12-28(13-11-21)24(30)20-6-8-22(9-7-20)34(26,32)33/h3-9,21H,10-17H2,1-2H3,(H2,26,32,33). The highest BCUT2D eigenvalue weighted by molar-refractivity contribution is 7.89. The summed E-state index contributed by atoms with van der Waals surface area (Å²) in [6.45, 7) is 8.34. The number of hydrogen-bond acceptors (Lipinski definition) is 5. The molecule has 0 aliphatic carbocycles. The van der Waals surface area contributed by atoms with Gasteiger partial charge in [-0.25, -0.2) is 13.6 Å². The molecule has 8 nitrogen and oxygen atoms in total. The molecule has 0 unspecified atom stereocenters. The first kappa shape index (κ1) is 24.2. The monoisotopic (exact) mass is 484 g/mol. The number of carbonyl (C=O) groups is 2. The molecule has 0 atom stereocenters. The van der Waals surface area contributed by atoms with Crippen molar-refractivity contribution in [2.75, 3.05) is 44.2 Å². The van der Waals surface area contributed by atoms with Gasteiger partial charge in [0.25, 0.3) is 5.91 Å². The Morgan fingerprint density at radius 3 is 2.06 bits per heavy atom. The molecule has 34 heavy (non-hydrogen) atoms. The Labute approximate surface area is 201 Å². The van der Waals surface area contributed by atoms with Crippen molar-refractivity contribution in [2.24, 2.45) is 11.1 Å². The summed E-state index contributed by atoms with van der Waals surface area (Å²) < 4.78 is 22.8. The summed E-state index contributed by atoms with van der Waals surface area (Å²) in [6.07, 6.45) is 1.27. The van der Waals surface area contributed by atoms with E-state index in [2.05, 4.69) is 36.9 Å². The van der Waals surface area contributed by atoms with Crippen LogP contribution in [-0.2, 0) is 14.8 Å². The fourth-order valence-corrected chi connectivity index (χ4v) is 5.32. The summed E-state index contributed by atoms with van der Waals surface area (Å²) in [5.41, 5.74) is 4.23. The lowest BCUT2D eigenvalue weighted by molar-refractivity contribution is -0.137. The quantitative estimate of drug-likeness (QED) is 0.716. The van der Waals surface area contributed by atoms with E-state index in [1.807, 2.05) is 4.90 Å². The Kier molecular flexibility index (Phi) is 6.95. The van der Waals surface area contributed by atoms with Crippen molar-refractivity contribution in [3.8, 4) is 0 Å². The molecule has 2 fully saturated rings. The number of nitrogens with zero attached hydrogens (tertiary/aromatic N) is 3. The second-order valence-corrected chi connectivity index (χ2v) is 10.7. The molecule has 0 saturated carbocycles. The average Bonchev–Trinajstić information content (AvgIpc) is 2.84. The Morgan fingerprint density at radius 1 is 0.853 bits per heavy atom. The number of likely N-dealkylation sites (tertiary alicyclic amines) is 1. The van der Waals surface area contributed by atoms with Crippen LogP contribution in [0.4, 0.5) is 5.69 Å². The number of sulfonamides is 1. The smallest absolute Gasteiger partial charge is 0.253 e. The minimum absolute atomic E-state index is 0.0222. The number of piperazine rings is 1. The van der Waals surface area contributed by atoms with Crippen LogP contribution < -0.4 is 10.0 Å². The van der Waals surface area contributed by atoms with Crippen LogP contribution in [0, 0.1) is 19.8 Å². The summed E-state index contributed by atoms with van der Waals surface area (Å²) >= 11 is 0. The van der Waals surface area contributed by atoms with Gasteiger partial charge in [-0.3, -0.25) is 9.59 Å². The van der Waals surface area contributed by atoms with E-state index in [-0.39, 0.29) is 22.6 Å². The molecule has 2 N–H and O–H groups in total. The van der Waals surface area contributed by atoms with Gasteiger partial charge >= 0.3 is 0 Å². The van der Waals surface area contributed by atoms with Crippen molar-refractivity contribution in [3.05, 3.63) is 59.2 Å². The van der Waals surface area contributed by atoms with Gasteiger partial charge in [-0.15, -0.1) is 0 Å². The predicted molar refractivity (Wildman–Crippen MR) is 131 cm³/mol. The Hall–Kier alpha value is -2.91. The van der Waals surface area contributed by atoms with E-state index in [9.17, 15) is 18.0 Å². The van der Waals surface area contributed by atoms with Gasteiger partial charge in [0.05, 0.1) is 4.90 Å². The summed E-state index contributed by atoms with van der Waals surface area (Å²) in [4.78, 5) is 32.0. The van der Waals surface area contributed by atoms with Crippen molar-refractivity contribution in [1.29, 1.82) is 0 Å². The molecular formula is C25H32N4O4S. The summed E-state index contributed by atoms with van der Waals surface area (Å²) in [7, 11) is -3.79. The van der Waals surface area contributed by atoms with E-state index in [0.717, 1.165) is 13.1 Å². The maximum Gasteiger partial charge on any atom is 0.253 e. The molecular weight excluding hydrogens is 452 g/mol. The predicted octanol–water partition coefficient (Wildman–Crippen LogP) is 2.15. The lowest BCUT2D eigenvalue weighted by atomic mass is 9.94. The molecule has 0 spiro atoms. The number of carbonyl (C=O) groups excluding carboxylic acids is 2. The number of amides is 2. The van der Waals surface area contributed by atoms with Gasteiger partial charge < -0.3 is 14.7 Å². The van der Waals surface area contributed by atoms with Crippen molar-refractivity contribution in [1.82, 2.24) is 9.80 Å². The Balaban J connectivity index is 1.29. The van der Waals surface area contributed by atoms with Gasteiger partial charge in [-0.1, -0.05) is 12.1 Å². The first-order valence-electron chi connectivity index (χ1n) is 11.7. The van der Waals surface area contributed by atoms with E-state index in [4.69, 9.17) is 5.14 Å². The Morgan fingerprint density at radius 2 is 1.47 bits per heavy atom. The number of piperidine rings is 1. The molecule has 2 aromatic carbocycles. The zero-order valence-electron chi connectivity index (χ0n) is 19.7. The molecule has 2 aliphatic heterocycles. The lowest BCUT2D eigenvalue weighted by Crippen LogP contribution is -2.52. The minimum atomic E-state index is -3.79. The third kappa shape index (κ3) is 5.10. The first-order chi connectivity index (χ1) is 16.1. The largest absolute Gasteiger partial charge is 0.368 e. The van der Waals surface area contributed by atoms with Crippen molar-refractivity contribution >= 4 is 27.5 Å². The fraction of sp³-hybridized carbons (Fsp3) is 0.440. The molecule has 2 aromatic rings. The summed E-state index contributed by atoms with van der Waals surface area (Å²) in [6, 6.07) is 12.0. The number of aryl methyl sites for hydroxylation is 1. The molecule has 0 aromatic heterocycles. The summed E-state index contributed by atoms with van der Waals surface area (Å²) in [5.74, 6) is -0.0414. The van der Waals surface area contributed by atoms with Crippen LogP contribution in [0.1, 0.15) is 34.3 Å². The van der Waals surface area contributed by atoms with Crippen molar-refractivity contribution < 1.29 is 18.0 Å². The SMILES string of the molecule is Cc1cccc(N2CCN(C(=O)C3CCN(C(=O)c4ccc(S(N)(=O)=O)cc4)CC3)CC2)c1C. The average molecular weight is 485 g/mol. The van der Waals surface area contributed by atoms with Gasteiger partial charge in [-0.2, -0.15) is 0 Å². The van der Waals surface area contributed by atoms with E-state index < -0.39 is 10.0 Å². The molecule has 4 rings (SSSR count). The second kappa shape index (κ2) is 9.76. The topological polar surface area (TPSA) is 104 Å². The van der Waals surface area contributed by atoms with Gasteiger partial charge in [0.2, 0.25) is 15.9 Å². The minimum Gasteiger partial charge on any atom is -0.368 e. The zero-order valence-corrected chi connectivity index (χ0v) is 20.6. The second-order valence-electron chi connectivity index (χ2n) is 9.17. The molecule has 0 radical (unpaired) electrons. The lowest BCUT2D eigenvalue weighted by Gasteiger charge is -2.40. The molecule has 9 heteroatoms. The number of benzene rings is 2. The van der Waals surface area contributed by atoms with Gasteiger partial charge in [0.15, 0.2) is 0 Å².